The molecule has 3 rings (SSSR count). The largest absolute Gasteiger partial charge is 0.444 e. The van der Waals surface area contributed by atoms with Crippen molar-refractivity contribution in [3.05, 3.63) is 29.1 Å². The lowest BCUT2D eigenvalue weighted by Gasteiger charge is -2.47. The van der Waals surface area contributed by atoms with E-state index in [0.717, 1.165) is 11.1 Å². The summed E-state index contributed by atoms with van der Waals surface area (Å²) < 4.78 is 11.2. The van der Waals surface area contributed by atoms with Gasteiger partial charge in [-0.3, -0.25) is 4.98 Å². The fourth-order valence-electron chi connectivity index (χ4n) is 2.76. The molecule has 0 radical (unpaired) electrons. The smallest absolute Gasteiger partial charge is 0.410 e. The topological polar surface area (TPSA) is 84.2 Å². The molecule has 22 heavy (non-hydrogen) atoms. The van der Waals surface area contributed by atoms with E-state index in [1.807, 2.05) is 26.8 Å². The molecule has 0 unspecified atom stereocenters. The molecule has 2 aliphatic heterocycles. The number of fused-ring (bicyclic) bond motifs is 2. The third-order valence-corrected chi connectivity index (χ3v) is 3.74. The number of oxime groups is 1. The number of carbonyl (C=O) groups is 1. The van der Waals surface area contributed by atoms with Crippen LogP contribution in [0, 0.1) is 0 Å². The van der Waals surface area contributed by atoms with Crippen molar-refractivity contribution in [1.82, 2.24) is 9.88 Å². The Morgan fingerprint density at radius 1 is 1.55 bits per heavy atom. The Labute approximate surface area is 128 Å². The molecule has 118 valence electrons. The van der Waals surface area contributed by atoms with Crippen LogP contribution in [0.4, 0.5) is 4.79 Å². The molecular weight excluding hydrogens is 286 g/mol. The van der Waals surface area contributed by atoms with Crippen LogP contribution in [0.15, 0.2) is 17.4 Å². The van der Waals surface area contributed by atoms with Crippen molar-refractivity contribution in [3.8, 4) is 0 Å². The molecule has 0 bridgehead atoms. The van der Waals surface area contributed by atoms with Gasteiger partial charge in [0.1, 0.15) is 11.2 Å². The average Bonchev–Trinajstić information content (AvgIpc) is 2.74. The van der Waals surface area contributed by atoms with Crippen molar-refractivity contribution in [3.63, 3.8) is 0 Å². The summed E-state index contributed by atoms with van der Waals surface area (Å²) in [5.41, 5.74) is 1.59. The molecule has 2 aliphatic rings. The van der Waals surface area contributed by atoms with Gasteiger partial charge in [-0.2, -0.15) is 0 Å². The third kappa shape index (κ3) is 2.52. The van der Waals surface area contributed by atoms with Crippen molar-refractivity contribution in [1.29, 1.82) is 0 Å². The number of amides is 1. The molecule has 1 amide bonds. The zero-order valence-electron chi connectivity index (χ0n) is 12.9. The van der Waals surface area contributed by atoms with Crippen molar-refractivity contribution in [2.45, 2.75) is 38.6 Å². The van der Waals surface area contributed by atoms with E-state index in [1.165, 1.54) is 6.21 Å². The fourth-order valence-corrected chi connectivity index (χ4v) is 2.76. The van der Waals surface area contributed by atoms with E-state index in [-0.39, 0.29) is 6.09 Å². The fraction of sp³-hybridized carbons (Fsp3) is 0.533. The summed E-state index contributed by atoms with van der Waals surface area (Å²) >= 11 is 0. The van der Waals surface area contributed by atoms with Crippen LogP contribution in [0.1, 0.15) is 37.6 Å². The van der Waals surface area contributed by atoms with E-state index >= 15 is 0 Å². The second kappa shape index (κ2) is 4.95. The van der Waals surface area contributed by atoms with Crippen LogP contribution in [-0.2, 0) is 21.7 Å². The second-order valence-corrected chi connectivity index (χ2v) is 6.63. The van der Waals surface area contributed by atoms with Crippen molar-refractivity contribution < 1.29 is 19.5 Å². The lowest BCUT2D eigenvalue weighted by Crippen LogP contribution is -2.61. The number of aromatic nitrogens is 1. The molecule has 1 fully saturated rings. The first-order chi connectivity index (χ1) is 10.3. The number of hydrogen-bond donors (Lipinski definition) is 1. The first kappa shape index (κ1) is 14.8. The zero-order valence-corrected chi connectivity index (χ0v) is 12.9. The number of ether oxygens (including phenoxy) is 2. The van der Waals surface area contributed by atoms with Gasteiger partial charge in [0.15, 0.2) is 0 Å². The van der Waals surface area contributed by atoms with Gasteiger partial charge in [-0.15, -0.1) is 0 Å². The van der Waals surface area contributed by atoms with Crippen LogP contribution < -0.4 is 0 Å². The molecule has 1 aromatic heterocycles. The summed E-state index contributed by atoms with van der Waals surface area (Å²) in [7, 11) is 0. The quantitative estimate of drug-likeness (QED) is 0.486. The first-order valence-corrected chi connectivity index (χ1v) is 7.12. The maximum absolute atomic E-state index is 12.0. The maximum Gasteiger partial charge on any atom is 0.410 e. The highest BCUT2D eigenvalue weighted by molar-refractivity contribution is 5.77. The van der Waals surface area contributed by atoms with E-state index in [1.54, 1.807) is 11.1 Å². The van der Waals surface area contributed by atoms with Crippen LogP contribution >= 0.6 is 0 Å². The van der Waals surface area contributed by atoms with Gasteiger partial charge in [0.2, 0.25) is 0 Å². The lowest BCUT2D eigenvalue weighted by molar-refractivity contribution is -0.137. The maximum atomic E-state index is 12.0. The van der Waals surface area contributed by atoms with E-state index < -0.39 is 11.2 Å². The van der Waals surface area contributed by atoms with Crippen molar-refractivity contribution in [2.75, 3.05) is 13.1 Å². The van der Waals surface area contributed by atoms with Crippen LogP contribution in [-0.4, -0.2) is 46.1 Å². The Hall–Kier alpha value is -2.15. The summed E-state index contributed by atoms with van der Waals surface area (Å²) in [6.45, 7) is 6.92. The first-order valence-electron chi connectivity index (χ1n) is 7.12. The van der Waals surface area contributed by atoms with Crippen LogP contribution in [0.5, 0.6) is 0 Å². The number of nitrogens with zero attached hydrogens (tertiary/aromatic N) is 3. The summed E-state index contributed by atoms with van der Waals surface area (Å²) in [4.78, 5) is 17.9. The minimum atomic E-state index is -0.506. The lowest BCUT2D eigenvalue weighted by atomic mass is 9.86. The van der Waals surface area contributed by atoms with Crippen LogP contribution in [0.2, 0.25) is 0 Å². The van der Waals surface area contributed by atoms with Crippen molar-refractivity contribution >= 4 is 12.3 Å². The predicted octanol–water partition coefficient (Wildman–Crippen LogP) is 1.87. The second-order valence-electron chi connectivity index (χ2n) is 6.63. The van der Waals surface area contributed by atoms with Gasteiger partial charge in [0.05, 0.1) is 31.6 Å². The third-order valence-electron chi connectivity index (χ3n) is 3.74. The van der Waals surface area contributed by atoms with Gasteiger partial charge in [-0.05, 0) is 32.4 Å². The Balaban J connectivity index is 1.72. The molecule has 1 N–H and O–H groups in total. The molecule has 0 aliphatic carbocycles. The molecule has 1 spiro atoms. The van der Waals surface area contributed by atoms with Gasteiger partial charge < -0.3 is 19.6 Å². The Morgan fingerprint density at radius 2 is 2.27 bits per heavy atom. The molecule has 0 atom stereocenters. The summed E-state index contributed by atoms with van der Waals surface area (Å²) in [5, 5.41) is 11.5. The summed E-state index contributed by atoms with van der Waals surface area (Å²) in [5.74, 6) is 0. The van der Waals surface area contributed by atoms with Gasteiger partial charge in [0, 0.05) is 11.8 Å². The number of carbonyl (C=O) groups excluding carboxylic acids is 1. The monoisotopic (exact) mass is 305 g/mol. The highest BCUT2D eigenvalue weighted by Crippen LogP contribution is 2.43. The minimum absolute atomic E-state index is 0.327. The van der Waals surface area contributed by atoms with E-state index in [0.29, 0.717) is 25.4 Å². The molecule has 0 aromatic carbocycles. The van der Waals surface area contributed by atoms with Crippen molar-refractivity contribution in [2.24, 2.45) is 5.16 Å². The number of hydrogen-bond acceptors (Lipinski definition) is 6. The zero-order chi connectivity index (χ0) is 16.0. The molecule has 7 heteroatoms. The predicted molar refractivity (Wildman–Crippen MR) is 77.9 cm³/mol. The molecule has 0 saturated carbocycles. The standard InChI is InChI=1S/C15H19N3O4/c1-14(2,3)22-13(19)18-8-15(9-18)12-6-16-11(5-17-20)4-10(12)7-21-15/h4-6,20H,7-9H2,1-3H3/b17-5-. The van der Waals surface area contributed by atoms with E-state index in [4.69, 9.17) is 14.7 Å². The molecule has 1 saturated heterocycles. The Morgan fingerprint density at radius 3 is 2.91 bits per heavy atom. The van der Waals surface area contributed by atoms with Gasteiger partial charge in [-0.1, -0.05) is 5.16 Å². The SMILES string of the molecule is CC(C)(C)OC(=O)N1CC2(C1)OCc1cc(/C=N\O)ncc12. The molecule has 3 heterocycles. The Bertz CT molecular complexity index is 630. The highest BCUT2D eigenvalue weighted by atomic mass is 16.6. The summed E-state index contributed by atoms with van der Waals surface area (Å²) in [6.07, 6.45) is 2.68. The average molecular weight is 305 g/mol. The number of likely N-dealkylation sites (tertiary alicyclic amines) is 1. The molecule has 7 nitrogen and oxygen atoms in total. The van der Waals surface area contributed by atoms with Crippen LogP contribution in [0.3, 0.4) is 0 Å². The van der Waals surface area contributed by atoms with Gasteiger partial charge in [-0.25, -0.2) is 4.79 Å². The minimum Gasteiger partial charge on any atom is -0.444 e. The van der Waals surface area contributed by atoms with Gasteiger partial charge >= 0.3 is 6.09 Å². The highest BCUT2D eigenvalue weighted by Gasteiger charge is 2.52. The number of pyridine rings is 1. The normalized spacial score (nSPS) is 19.3. The number of rotatable bonds is 1. The molecular formula is C15H19N3O4. The van der Waals surface area contributed by atoms with E-state index in [2.05, 4.69) is 10.1 Å². The summed E-state index contributed by atoms with van der Waals surface area (Å²) in [6, 6.07) is 1.83. The Kier molecular flexibility index (Phi) is 3.32. The van der Waals surface area contributed by atoms with E-state index in [9.17, 15) is 4.79 Å². The van der Waals surface area contributed by atoms with Gasteiger partial charge in [0.25, 0.3) is 0 Å². The molecule has 1 aromatic rings. The van der Waals surface area contributed by atoms with Crippen LogP contribution in [0.25, 0.3) is 0 Å².